The lowest BCUT2D eigenvalue weighted by atomic mass is 10.1. The third-order valence-corrected chi connectivity index (χ3v) is 7.53. The van der Waals surface area contributed by atoms with Gasteiger partial charge in [0.1, 0.15) is 12.6 Å². The van der Waals surface area contributed by atoms with Crippen molar-refractivity contribution in [1.82, 2.24) is 10.2 Å². The number of nitrogens with one attached hydrogen (secondary N) is 1. The predicted molar refractivity (Wildman–Crippen MR) is 143 cm³/mol. The zero-order chi connectivity index (χ0) is 26.3. The van der Waals surface area contributed by atoms with E-state index in [-0.39, 0.29) is 23.2 Å². The maximum Gasteiger partial charge on any atom is 0.244 e. The van der Waals surface area contributed by atoms with Crippen LogP contribution in [0.25, 0.3) is 0 Å². The molecule has 0 fully saturated rings. The summed E-state index contributed by atoms with van der Waals surface area (Å²) in [4.78, 5) is 27.9. The molecule has 35 heavy (non-hydrogen) atoms. The van der Waals surface area contributed by atoms with E-state index in [0.717, 1.165) is 17.0 Å². The zero-order valence-corrected chi connectivity index (χ0v) is 23.4. The first kappa shape index (κ1) is 29.5. The smallest absolute Gasteiger partial charge is 0.244 e. The summed E-state index contributed by atoms with van der Waals surface area (Å²) in [6.45, 7) is 3.58. The first-order chi connectivity index (χ1) is 16.4. The number of hydrogen-bond donors (Lipinski definition) is 1. The second kappa shape index (κ2) is 13.0. The molecule has 2 aromatic carbocycles. The normalized spacial score (nSPS) is 12.2. The lowest BCUT2D eigenvalue weighted by molar-refractivity contribution is -0.140. The standard InChI is InChI=1S/C23H27Cl4N3O4S/c1-4-10-28-23(32)20(5-2)29(13-15-6-8-17(25)18(26)11-15)22(31)14-30(35(3,33)34)21-9-7-16(24)12-19(21)27/h6-9,11-12,20H,4-5,10,13-14H2,1-3H3,(H,28,32)/t20-/m1/s1. The minimum absolute atomic E-state index is 0.0136. The molecule has 0 aliphatic rings. The van der Waals surface area contributed by atoms with Gasteiger partial charge in [0.25, 0.3) is 0 Å². The van der Waals surface area contributed by atoms with Gasteiger partial charge in [-0.3, -0.25) is 13.9 Å². The number of rotatable bonds is 11. The Morgan fingerprint density at radius 3 is 2.20 bits per heavy atom. The minimum atomic E-state index is -3.91. The highest BCUT2D eigenvalue weighted by Gasteiger charge is 2.32. The van der Waals surface area contributed by atoms with Crippen molar-refractivity contribution in [2.45, 2.75) is 39.3 Å². The molecule has 0 aliphatic carbocycles. The van der Waals surface area contributed by atoms with Crippen LogP contribution in [-0.4, -0.2) is 50.5 Å². The van der Waals surface area contributed by atoms with E-state index in [4.69, 9.17) is 46.4 Å². The molecule has 0 bridgehead atoms. The van der Waals surface area contributed by atoms with Crippen molar-refractivity contribution in [2.75, 3.05) is 23.7 Å². The Bertz CT molecular complexity index is 1180. The van der Waals surface area contributed by atoms with Gasteiger partial charge in [-0.15, -0.1) is 0 Å². The molecule has 0 unspecified atom stereocenters. The number of anilines is 1. The van der Waals surface area contributed by atoms with Crippen LogP contribution in [0.1, 0.15) is 32.3 Å². The zero-order valence-electron chi connectivity index (χ0n) is 19.5. The van der Waals surface area contributed by atoms with E-state index >= 15 is 0 Å². The van der Waals surface area contributed by atoms with E-state index in [0.29, 0.717) is 33.6 Å². The van der Waals surface area contributed by atoms with Crippen LogP contribution in [0.3, 0.4) is 0 Å². The summed E-state index contributed by atoms with van der Waals surface area (Å²) in [5, 5.41) is 3.84. The van der Waals surface area contributed by atoms with E-state index in [1.807, 2.05) is 6.92 Å². The molecule has 1 atom stereocenters. The molecule has 0 spiro atoms. The fraction of sp³-hybridized carbons (Fsp3) is 0.391. The maximum atomic E-state index is 13.6. The van der Waals surface area contributed by atoms with Crippen LogP contribution in [-0.2, 0) is 26.2 Å². The second-order valence-electron chi connectivity index (χ2n) is 7.85. The number of amides is 2. The molecule has 2 rings (SSSR count). The fourth-order valence-corrected chi connectivity index (χ4v) is 5.14. The topological polar surface area (TPSA) is 86.8 Å². The first-order valence-corrected chi connectivity index (χ1v) is 14.2. The van der Waals surface area contributed by atoms with Gasteiger partial charge in [-0.25, -0.2) is 8.42 Å². The SMILES string of the molecule is CCCNC(=O)[C@@H](CC)N(Cc1ccc(Cl)c(Cl)c1)C(=O)CN(c1ccc(Cl)cc1Cl)S(C)(=O)=O. The van der Waals surface area contributed by atoms with Crippen LogP contribution < -0.4 is 9.62 Å². The number of hydrogen-bond acceptors (Lipinski definition) is 4. The average molecular weight is 583 g/mol. The molecule has 2 amide bonds. The molecule has 12 heteroatoms. The molecule has 7 nitrogen and oxygen atoms in total. The summed E-state index contributed by atoms with van der Waals surface area (Å²) < 4.78 is 26.2. The van der Waals surface area contributed by atoms with Gasteiger partial charge in [-0.2, -0.15) is 0 Å². The molecule has 0 saturated carbocycles. The summed E-state index contributed by atoms with van der Waals surface area (Å²) in [6, 6.07) is 8.34. The maximum absolute atomic E-state index is 13.6. The number of carbonyl (C=O) groups excluding carboxylic acids is 2. The Morgan fingerprint density at radius 1 is 0.971 bits per heavy atom. The number of carbonyl (C=O) groups is 2. The van der Waals surface area contributed by atoms with Crippen LogP contribution >= 0.6 is 46.4 Å². The number of halogens is 4. The molecule has 0 aromatic heterocycles. The number of sulfonamides is 1. The van der Waals surface area contributed by atoms with E-state index in [2.05, 4.69) is 5.32 Å². The van der Waals surface area contributed by atoms with E-state index < -0.39 is 28.5 Å². The van der Waals surface area contributed by atoms with Crippen molar-refractivity contribution < 1.29 is 18.0 Å². The Labute approximate surface area is 226 Å². The summed E-state index contributed by atoms with van der Waals surface area (Å²) in [5.41, 5.74) is 0.731. The van der Waals surface area contributed by atoms with E-state index in [9.17, 15) is 18.0 Å². The van der Waals surface area contributed by atoms with Crippen LogP contribution in [0.4, 0.5) is 5.69 Å². The molecule has 0 radical (unpaired) electrons. The lowest BCUT2D eigenvalue weighted by Crippen LogP contribution is -2.52. The van der Waals surface area contributed by atoms with Crippen molar-refractivity contribution in [1.29, 1.82) is 0 Å². The van der Waals surface area contributed by atoms with E-state index in [1.165, 1.54) is 23.1 Å². The van der Waals surface area contributed by atoms with Crippen molar-refractivity contribution in [3.63, 3.8) is 0 Å². The van der Waals surface area contributed by atoms with Crippen molar-refractivity contribution in [2.24, 2.45) is 0 Å². The molecule has 1 N–H and O–H groups in total. The van der Waals surface area contributed by atoms with Crippen molar-refractivity contribution >= 4 is 73.9 Å². The molecule has 2 aromatic rings. The molecule has 192 valence electrons. The number of benzene rings is 2. The molecule has 0 saturated heterocycles. The molecular weight excluding hydrogens is 556 g/mol. The van der Waals surface area contributed by atoms with Crippen molar-refractivity contribution in [3.05, 3.63) is 62.1 Å². The van der Waals surface area contributed by atoms with Gasteiger partial charge >= 0.3 is 0 Å². The van der Waals surface area contributed by atoms with Gasteiger partial charge in [0.15, 0.2) is 0 Å². The molecule has 0 aliphatic heterocycles. The third kappa shape index (κ3) is 8.15. The fourth-order valence-electron chi connectivity index (χ4n) is 3.40. The summed E-state index contributed by atoms with van der Waals surface area (Å²) in [7, 11) is -3.91. The highest BCUT2D eigenvalue weighted by molar-refractivity contribution is 7.92. The van der Waals surface area contributed by atoms with Gasteiger partial charge < -0.3 is 10.2 Å². The van der Waals surface area contributed by atoms with Gasteiger partial charge in [-0.1, -0.05) is 66.3 Å². The molecule has 0 heterocycles. The van der Waals surface area contributed by atoms with Crippen LogP contribution in [0.5, 0.6) is 0 Å². The predicted octanol–water partition coefficient (Wildman–Crippen LogP) is 5.40. The summed E-state index contributed by atoms with van der Waals surface area (Å²) in [5.74, 6) is -0.927. The summed E-state index contributed by atoms with van der Waals surface area (Å²) >= 11 is 24.4. The van der Waals surface area contributed by atoms with Gasteiger partial charge in [0.2, 0.25) is 21.8 Å². The van der Waals surface area contributed by atoms with Crippen LogP contribution in [0, 0.1) is 0 Å². The Morgan fingerprint density at radius 2 is 1.66 bits per heavy atom. The summed E-state index contributed by atoms with van der Waals surface area (Å²) in [6.07, 6.45) is 2.00. The highest BCUT2D eigenvalue weighted by Crippen LogP contribution is 2.31. The van der Waals surface area contributed by atoms with Crippen molar-refractivity contribution in [3.8, 4) is 0 Å². The number of nitrogens with zero attached hydrogens (tertiary/aromatic N) is 2. The van der Waals surface area contributed by atoms with Gasteiger partial charge in [0, 0.05) is 18.1 Å². The second-order valence-corrected chi connectivity index (χ2v) is 11.4. The monoisotopic (exact) mass is 581 g/mol. The first-order valence-electron chi connectivity index (χ1n) is 10.8. The van der Waals surface area contributed by atoms with Crippen LogP contribution in [0.2, 0.25) is 20.1 Å². The Kier molecular flexibility index (Phi) is 11.0. The third-order valence-electron chi connectivity index (χ3n) is 5.13. The van der Waals surface area contributed by atoms with E-state index in [1.54, 1.807) is 25.1 Å². The average Bonchev–Trinajstić information content (AvgIpc) is 2.77. The van der Waals surface area contributed by atoms with Gasteiger partial charge in [-0.05, 0) is 48.7 Å². The highest BCUT2D eigenvalue weighted by atomic mass is 35.5. The quantitative estimate of drug-likeness (QED) is 0.384. The van der Waals surface area contributed by atoms with Crippen LogP contribution in [0.15, 0.2) is 36.4 Å². The van der Waals surface area contributed by atoms with Gasteiger partial charge in [0.05, 0.1) is 27.0 Å². The Hall–Kier alpha value is -1.71. The molecular formula is C23H27Cl4N3O4S. The lowest BCUT2D eigenvalue weighted by Gasteiger charge is -2.33. The largest absolute Gasteiger partial charge is 0.354 e. The Balaban J connectivity index is 2.48. The minimum Gasteiger partial charge on any atom is -0.354 e.